The van der Waals surface area contributed by atoms with Gasteiger partial charge in [-0.05, 0) is 60.2 Å². The summed E-state index contributed by atoms with van der Waals surface area (Å²) in [5, 5.41) is 9.46. The molecule has 0 bridgehead atoms. The lowest BCUT2D eigenvalue weighted by Gasteiger charge is -2.36. The first-order chi connectivity index (χ1) is 14.7. The van der Waals surface area contributed by atoms with Crippen molar-refractivity contribution in [2.24, 2.45) is 0 Å². The van der Waals surface area contributed by atoms with E-state index in [9.17, 15) is 9.90 Å². The number of piperazine rings is 1. The summed E-state index contributed by atoms with van der Waals surface area (Å²) in [5.41, 5.74) is 2.09. The minimum Gasteiger partial charge on any atom is -0.508 e. The zero-order valence-corrected chi connectivity index (χ0v) is 17.2. The Morgan fingerprint density at radius 1 is 0.867 bits per heavy atom. The van der Waals surface area contributed by atoms with Crippen LogP contribution in [0.1, 0.15) is 9.67 Å². The topological polar surface area (TPSA) is 62.2 Å². The largest absolute Gasteiger partial charge is 0.508 e. The number of thiophene rings is 1. The average molecular weight is 423 g/mol. The number of carbonyl (C=O) groups is 1. The van der Waals surface area contributed by atoms with Crippen molar-refractivity contribution in [1.82, 2.24) is 4.90 Å². The predicted molar refractivity (Wildman–Crippen MR) is 117 cm³/mol. The van der Waals surface area contributed by atoms with E-state index in [1.807, 2.05) is 47.4 Å². The molecule has 0 spiro atoms. The predicted octanol–water partition coefficient (Wildman–Crippen LogP) is 3.85. The normalized spacial score (nSPS) is 15.9. The highest BCUT2D eigenvalue weighted by molar-refractivity contribution is 7.17. The van der Waals surface area contributed by atoms with Gasteiger partial charge in [-0.2, -0.15) is 0 Å². The van der Waals surface area contributed by atoms with Gasteiger partial charge in [-0.15, -0.1) is 11.3 Å². The van der Waals surface area contributed by atoms with Crippen LogP contribution >= 0.6 is 11.3 Å². The summed E-state index contributed by atoms with van der Waals surface area (Å²) in [4.78, 5) is 18.9. The van der Waals surface area contributed by atoms with Gasteiger partial charge in [-0.1, -0.05) is 0 Å². The second-order valence-corrected chi connectivity index (χ2v) is 8.40. The molecule has 0 saturated carbocycles. The second kappa shape index (κ2) is 7.91. The number of fused-ring (bicyclic) bond motifs is 1. The van der Waals surface area contributed by atoms with Crippen LogP contribution in [0.15, 0.2) is 54.6 Å². The van der Waals surface area contributed by atoms with E-state index in [0.29, 0.717) is 26.3 Å². The van der Waals surface area contributed by atoms with Gasteiger partial charge >= 0.3 is 0 Å². The van der Waals surface area contributed by atoms with Crippen LogP contribution in [0.4, 0.5) is 5.69 Å². The molecule has 0 aliphatic carbocycles. The summed E-state index contributed by atoms with van der Waals surface area (Å²) in [6.45, 7) is 4.03. The number of hydrogen-bond acceptors (Lipinski definition) is 6. The lowest BCUT2D eigenvalue weighted by molar-refractivity contribution is 0.0751. The van der Waals surface area contributed by atoms with Crippen molar-refractivity contribution < 1.29 is 19.4 Å². The molecule has 6 nitrogen and oxygen atoms in total. The number of aromatic hydroxyl groups is 1. The van der Waals surface area contributed by atoms with E-state index in [2.05, 4.69) is 4.90 Å². The van der Waals surface area contributed by atoms with Gasteiger partial charge in [-0.3, -0.25) is 4.79 Å². The van der Waals surface area contributed by atoms with Crippen molar-refractivity contribution in [3.05, 3.63) is 59.5 Å². The first-order valence-corrected chi connectivity index (χ1v) is 10.8. The van der Waals surface area contributed by atoms with Gasteiger partial charge in [-0.25, -0.2) is 0 Å². The number of anilines is 1. The third-order valence-electron chi connectivity index (χ3n) is 5.43. The van der Waals surface area contributed by atoms with Crippen LogP contribution < -0.4 is 14.4 Å². The molecule has 1 saturated heterocycles. The number of phenolic OH excluding ortho intramolecular Hbond substituents is 1. The molecule has 5 rings (SSSR count). The minimum atomic E-state index is 0.0779. The van der Waals surface area contributed by atoms with Crippen LogP contribution in [0.25, 0.3) is 10.4 Å². The molecule has 0 radical (unpaired) electrons. The van der Waals surface area contributed by atoms with E-state index in [-0.39, 0.29) is 11.7 Å². The van der Waals surface area contributed by atoms with Gasteiger partial charge in [0.15, 0.2) is 11.5 Å². The molecule has 3 aromatic rings. The van der Waals surface area contributed by atoms with Crippen LogP contribution in [0, 0.1) is 0 Å². The number of nitrogens with zero attached hydrogens (tertiary/aromatic N) is 2. The van der Waals surface area contributed by atoms with E-state index in [1.54, 1.807) is 12.1 Å². The molecule has 154 valence electrons. The van der Waals surface area contributed by atoms with Gasteiger partial charge in [0.2, 0.25) is 0 Å². The van der Waals surface area contributed by atoms with E-state index in [1.165, 1.54) is 11.3 Å². The molecule has 2 aliphatic heterocycles. The standard InChI is InChI=1S/C23H22N2O4S/c26-18-4-2-17(3-5-18)24-9-11-25(12-10-24)23(27)22-8-7-21(30-22)16-1-6-19-20(15-16)29-14-13-28-19/h1-8,15,26H,9-14H2. The van der Waals surface area contributed by atoms with Gasteiger partial charge < -0.3 is 24.4 Å². The number of benzene rings is 2. The number of rotatable bonds is 3. The van der Waals surface area contributed by atoms with Crippen molar-refractivity contribution in [3.63, 3.8) is 0 Å². The van der Waals surface area contributed by atoms with E-state index >= 15 is 0 Å². The summed E-state index contributed by atoms with van der Waals surface area (Å²) in [5.74, 6) is 1.86. The molecule has 30 heavy (non-hydrogen) atoms. The Hall–Kier alpha value is -3.19. The zero-order chi connectivity index (χ0) is 20.5. The fourth-order valence-electron chi connectivity index (χ4n) is 3.79. The summed E-state index contributed by atoms with van der Waals surface area (Å²) < 4.78 is 11.3. The Morgan fingerprint density at radius 3 is 2.37 bits per heavy atom. The Bertz CT molecular complexity index is 1060. The van der Waals surface area contributed by atoms with Gasteiger partial charge in [0, 0.05) is 36.7 Å². The summed E-state index contributed by atoms with van der Waals surface area (Å²) in [6, 6.07) is 17.0. The fraction of sp³-hybridized carbons (Fsp3) is 0.261. The van der Waals surface area contributed by atoms with Crippen molar-refractivity contribution in [2.45, 2.75) is 0 Å². The molecule has 1 amide bonds. The Morgan fingerprint density at radius 2 is 1.60 bits per heavy atom. The highest BCUT2D eigenvalue weighted by Crippen LogP contribution is 2.37. The molecule has 0 atom stereocenters. The first kappa shape index (κ1) is 18.8. The molecule has 2 aliphatic rings. The van der Waals surface area contributed by atoms with Crippen LogP contribution in [0.5, 0.6) is 17.2 Å². The quantitative estimate of drug-likeness (QED) is 0.695. The third kappa shape index (κ3) is 3.68. The monoisotopic (exact) mass is 422 g/mol. The molecular weight excluding hydrogens is 400 g/mol. The van der Waals surface area contributed by atoms with Crippen LogP contribution in [-0.2, 0) is 0 Å². The molecule has 7 heteroatoms. The van der Waals surface area contributed by atoms with E-state index in [0.717, 1.165) is 45.6 Å². The van der Waals surface area contributed by atoms with Gasteiger partial charge in [0.05, 0.1) is 4.88 Å². The van der Waals surface area contributed by atoms with Crippen molar-refractivity contribution in [2.75, 3.05) is 44.3 Å². The number of carbonyl (C=O) groups excluding carboxylic acids is 1. The van der Waals surface area contributed by atoms with Crippen LogP contribution in [-0.4, -0.2) is 55.3 Å². The molecule has 2 aromatic carbocycles. The number of phenols is 1. The Kier molecular flexibility index (Phi) is 4.96. The molecule has 1 aromatic heterocycles. The maximum absolute atomic E-state index is 13.0. The third-order valence-corrected chi connectivity index (χ3v) is 6.55. The van der Waals surface area contributed by atoms with Crippen molar-refractivity contribution in [3.8, 4) is 27.7 Å². The maximum Gasteiger partial charge on any atom is 0.264 e. The molecular formula is C23H22N2O4S. The molecule has 3 heterocycles. The van der Waals surface area contributed by atoms with Crippen LogP contribution in [0.3, 0.4) is 0 Å². The number of hydrogen-bond donors (Lipinski definition) is 1. The number of ether oxygens (including phenoxy) is 2. The first-order valence-electron chi connectivity index (χ1n) is 10.0. The smallest absolute Gasteiger partial charge is 0.264 e. The lowest BCUT2D eigenvalue weighted by Crippen LogP contribution is -2.48. The zero-order valence-electron chi connectivity index (χ0n) is 16.4. The highest BCUT2D eigenvalue weighted by Gasteiger charge is 2.24. The van der Waals surface area contributed by atoms with E-state index in [4.69, 9.17) is 9.47 Å². The summed E-state index contributed by atoms with van der Waals surface area (Å²) in [6.07, 6.45) is 0. The SMILES string of the molecule is O=C(c1ccc(-c2ccc3c(c2)OCCO3)s1)N1CCN(c2ccc(O)cc2)CC1. The molecule has 1 fully saturated rings. The maximum atomic E-state index is 13.0. The summed E-state index contributed by atoms with van der Waals surface area (Å²) in [7, 11) is 0. The van der Waals surface area contributed by atoms with E-state index < -0.39 is 0 Å². The Labute approximate surface area is 178 Å². The summed E-state index contributed by atoms with van der Waals surface area (Å²) >= 11 is 1.51. The van der Waals surface area contributed by atoms with Crippen molar-refractivity contribution in [1.29, 1.82) is 0 Å². The van der Waals surface area contributed by atoms with Crippen LogP contribution in [0.2, 0.25) is 0 Å². The lowest BCUT2D eigenvalue weighted by atomic mass is 10.1. The molecule has 0 unspecified atom stereocenters. The Balaban J connectivity index is 1.25. The van der Waals surface area contributed by atoms with Gasteiger partial charge in [0.1, 0.15) is 19.0 Å². The minimum absolute atomic E-state index is 0.0779. The van der Waals surface area contributed by atoms with Crippen molar-refractivity contribution >= 4 is 22.9 Å². The average Bonchev–Trinajstić information content (AvgIpc) is 3.29. The fourth-order valence-corrected chi connectivity index (χ4v) is 4.76. The number of amides is 1. The van der Waals surface area contributed by atoms with Gasteiger partial charge in [0.25, 0.3) is 5.91 Å². The molecule has 1 N–H and O–H groups in total. The highest BCUT2D eigenvalue weighted by atomic mass is 32.1. The second-order valence-electron chi connectivity index (χ2n) is 7.32.